The second-order valence-electron chi connectivity index (χ2n) is 5.42. The van der Waals surface area contributed by atoms with Gasteiger partial charge in [0.1, 0.15) is 0 Å². The van der Waals surface area contributed by atoms with Crippen LogP contribution in [0.3, 0.4) is 0 Å². The van der Waals surface area contributed by atoms with Crippen molar-refractivity contribution in [1.29, 1.82) is 0 Å². The van der Waals surface area contributed by atoms with Crippen molar-refractivity contribution in [2.24, 2.45) is 0 Å². The van der Waals surface area contributed by atoms with Crippen LogP contribution in [0.5, 0.6) is 0 Å². The first-order chi connectivity index (χ1) is 8.56. The summed E-state index contributed by atoms with van der Waals surface area (Å²) in [5.74, 6) is -0.277. The van der Waals surface area contributed by atoms with Crippen LogP contribution < -0.4 is 0 Å². The van der Waals surface area contributed by atoms with E-state index in [9.17, 15) is 9.00 Å². The van der Waals surface area contributed by atoms with Crippen LogP contribution in [0.1, 0.15) is 45.4 Å². The van der Waals surface area contributed by atoms with Gasteiger partial charge in [-0.2, -0.15) is 0 Å². The summed E-state index contributed by atoms with van der Waals surface area (Å²) in [6, 6.07) is 0. The number of carbonyl (C=O) groups is 1. The molecule has 1 heterocycles. The van der Waals surface area contributed by atoms with Crippen molar-refractivity contribution >= 4 is 16.8 Å². The highest BCUT2D eigenvalue weighted by Crippen LogP contribution is 2.43. The lowest BCUT2D eigenvalue weighted by atomic mass is 9.75. The molecule has 104 valence electrons. The molecule has 0 radical (unpaired) electrons. The standard InChI is InChI=1S/C13H22O4S/c1-10(8-12(14)16-2)18(15)11-4-7-17-13(9-11)5-3-6-13/h10-11H,3-9H2,1-2H3. The second kappa shape index (κ2) is 5.70. The van der Waals surface area contributed by atoms with Crippen LogP contribution in [0.2, 0.25) is 0 Å². The van der Waals surface area contributed by atoms with E-state index in [0.717, 1.165) is 25.7 Å². The van der Waals surface area contributed by atoms with Crippen molar-refractivity contribution in [2.75, 3.05) is 13.7 Å². The van der Waals surface area contributed by atoms with E-state index in [4.69, 9.17) is 4.74 Å². The maximum atomic E-state index is 12.4. The predicted molar refractivity (Wildman–Crippen MR) is 69.8 cm³/mol. The van der Waals surface area contributed by atoms with Gasteiger partial charge < -0.3 is 9.47 Å². The molecule has 0 aromatic carbocycles. The van der Waals surface area contributed by atoms with Crippen molar-refractivity contribution < 1.29 is 18.5 Å². The summed E-state index contributed by atoms with van der Waals surface area (Å²) in [5, 5.41) is 0.0522. The molecule has 1 aliphatic carbocycles. The maximum Gasteiger partial charge on any atom is 0.306 e. The first-order valence-corrected chi connectivity index (χ1v) is 7.94. The van der Waals surface area contributed by atoms with Gasteiger partial charge >= 0.3 is 5.97 Å². The van der Waals surface area contributed by atoms with Crippen molar-refractivity contribution in [1.82, 2.24) is 0 Å². The van der Waals surface area contributed by atoms with Crippen molar-refractivity contribution in [3.8, 4) is 0 Å². The molecule has 2 rings (SSSR count). The van der Waals surface area contributed by atoms with Crippen LogP contribution in [-0.4, -0.2) is 40.0 Å². The average molecular weight is 274 g/mol. The molecule has 0 amide bonds. The van der Waals surface area contributed by atoms with Gasteiger partial charge in [0.05, 0.1) is 19.1 Å². The van der Waals surface area contributed by atoms with E-state index >= 15 is 0 Å². The minimum atomic E-state index is -0.969. The highest BCUT2D eigenvalue weighted by molar-refractivity contribution is 7.86. The zero-order valence-corrected chi connectivity index (χ0v) is 12.0. The molecule has 4 nitrogen and oxygen atoms in total. The largest absolute Gasteiger partial charge is 0.469 e. The summed E-state index contributed by atoms with van der Waals surface area (Å²) in [6.45, 7) is 2.58. The van der Waals surface area contributed by atoms with E-state index in [-0.39, 0.29) is 28.5 Å². The van der Waals surface area contributed by atoms with E-state index in [1.54, 1.807) is 0 Å². The topological polar surface area (TPSA) is 52.6 Å². The Kier molecular flexibility index (Phi) is 4.43. The van der Waals surface area contributed by atoms with Gasteiger partial charge in [-0.15, -0.1) is 0 Å². The van der Waals surface area contributed by atoms with Crippen LogP contribution >= 0.6 is 0 Å². The molecule has 5 heteroatoms. The van der Waals surface area contributed by atoms with Gasteiger partial charge in [0, 0.05) is 27.9 Å². The minimum absolute atomic E-state index is 0.0174. The van der Waals surface area contributed by atoms with Crippen LogP contribution in [0.4, 0.5) is 0 Å². The van der Waals surface area contributed by atoms with Gasteiger partial charge in [-0.25, -0.2) is 0 Å². The number of methoxy groups -OCH3 is 1. The molecule has 3 atom stereocenters. The van der Waals surface area contributed by atoms with Crippen molar-refractivity contribution in [3.63, 3.8) is 0 Å². The lowest BCUT2D eigenvalue weighted by molar-refractivity contribution is -0.140. The molecule has 2 fully saturated rings. The van der Waals surface area contributed by atoms with Crippen LogP contribution in [0.15, 0.2) is 0 Å². The minimum Gasteiger partial charge on any atom is -0.469 e. The number of carbonyl (C=O) groups excluding carboxylic acids is 1. The van der Waals surface area contributed by atoms with E-state index in [0.29, 0.717) is 6.61 Å². The molecule has 1 saturated carbocycles. The van der Waals surface area contributed by atoms with Crippen molar-refractivity contribution in [2.45, 2.75) is 61.5 Å². The Hall–Kier alpha value is -0.420. The summed E-state index contributed by atoms with van der Waals surface area (Å²) < 4.78 is 22.9. The first kappa shape index (κ1) is 14.0. The van der Waals surface area contributed by atoms with Crippen LogP contribution in [0, 0.1) is 0 Å². The molecular weight excluding hydrogens is 252 g/mol. The molecule has 1 aliphatic heterocycles. The highest BCUT2D eigenvalue weighted by Gasteiger charge is 2.44. The molecule has 0 N–H and O–H groups in total. The smallest absolute Gasteiger partial charge is 0.306 e. The summed E-state index contributed by atoms with van der Waals surface area (Å²) >= 11 is 0. The zero-order chi connectivity index (χ0) is 13.2. The predicted octanol–water partition coefficient (Wildman–Crippen LogP) is 1.79. The lowest BCUT2D eigenvalue weighted by Gasteiger charge is -2.47. The molecule has 18 heavy (non-hydrogen) atoms. The monoisotopic (exact) mass is 274 g/mol. The summed E-state index contributed by atoms with van der Waals surface area (Å²) in [5.41, 5.74) is 0.0174. The van der Waals surface area contributed by atoms with Gasteiger partial charge in [-0.05, 0) is 32.1 Å². The number of hydrogen-bond donors (Lipinski definition) is 0. The molecule has 3 unspecified atom stereocenters. The number of rotatable bonds is 4. The fraction of sp³-hybridized carbons (Fsp3) is 0.923. The van der Waals surface area contributed by atoms with Gasteiger partial charge in [-0.1, -0.05) is 6.92 Å². The van der Waals surface area contributed by atoms with Gasteiger partial charge in [0.15, 0.2) is 0 Å². The molecule has 1 spiro atoms. The average Bonchev–Trinajstić information content (AvgIpc) is 2.35. The van der Waals surface area contributed by atoms with E-state index in [1.807, 2.05) is 6.92 Å². The SMILES string of the molecule is COC(=O)CC(C)S(=O)C1CCOC2(CCC2)C1. The third-order valence-electron chi connectivity index (χ3n) is 4.12. The van der Waals surface area contributed by atoms with Gasteiger partial charge in [0.25, 0.3) is 0 Å². The quantitative estimate of drug-likeness (QED) is 0.733. The Balaban J connectivity index is 1.89. The molecule has 2 aliphatic rings. The van der Waals surface area contributed by atoms with Crippen LogP contribution in [-0.2, 0) is 25.1 Å². The third kappa shape index (κ3) is 2.94. The summed E-state index contributed by atoms with van der Waals surface area (Å²) in [6.07, 6.45) is 5.41. The Labute approximate surface area is 111 Å². The number of ether oxygens (including phenoxy) is 2. The van der Waals surface area contributed by atoms with Crippen molar-refractivity contribution in [3.05, 3.63) is 0 Å². The maximum absolute atomic E-state index is 12.4. The normalized spacial score (nSPS) is 29.3. The zero-order valence-electron chi connectivity index (χ0n) is 11.1. The van der Waals surface area contributed by atoms with Gasteiger partial charge in [-0.3, -0.25) is 9.00 Å². The lowest BCUT2D eigenvalue weighted by Crippen LogP contribution is -2.49. The second-order valence-corrected chi connectivity index (χ2v) is 7.55. The Bertz CT molecular complexity index is 338. The molecular formula is C13H22O4S. The fourth-order valence-corrected chi connectivity index (χ4v) is 4.58. The summed E-state index contributed by atoms with van der Waals surface area (Å²) in [7, 11) is 0.402. The summed E-state index contributed by atoms with van der Waals surface area (Å²) in [4.78, 5) is 11.2. The molecule has 0 aromatic rings. The first-order valence-electron chi connectivity index (χ1n) is 6.66. The number of esters is 1. The Morgan fingerprint density at radius 3 is 2.83 bits per heavy atom. The third-order valence-corrected chi connectivity index (χ3v) is 6.14. The van der Waals surface area contributed by atoms with E-state index in [2.05, 4.69) is 4.74 Å². The van der Waals surface area contributed by atoms with E-state index < -0.39 is 10.8 Å². The Morgan fingerprint density at radius 2 is 2.28 bits per heavy atom. The molecule has 0 bridgehead atoms. The molecule has 1 saturated heterocycles. The molecule has 0 aromatic heterocycles. The highest BCUT2D eigenvalue weighted by atomic mass is 32.2. The number of hydrogen-bond acceptors (Lipinski definition) is 4. The van der Waals surface area contributed by atoms with Crippen LogP contribution in [0.25, 0.3) is 0 Å². The van der Waals surface area contributed by atoms with E-state index in [1.165, 1.54) is 13.5 Å². The Morgan fingerprint density at radius 1 is 1.56 bits per heavy atom. The fourth-order valence-electron chi connectivity index (χ4n) is 2.83. The van der Waals surface area contributed by atoms with Gasteiger partial charge in [0.2, 0.25) is 0 Å².